The van der Waals surface area contributed by atoms with E-state index in [2.05, 4.69) is 4.98 Å². The minimum Gasteiger partial charge on any atom is -0.298 e. The average molecular weight is 286 g/mol. The van der Waals surface area contributed by atoms with Crippen LogP contribution in [0.15, 0.2) is 36.5 Å². The molecule has 0 saturated carbocycles. The number of hydrogen-bond donors (Lipinski definition) is 0. The van der Waals surface area contributed by atoms with E-state index in [1.54, 1.807) is 0 Å². The van der Waals surface area contributed by atoms with Crippen LogP contribution < -0.4 is 0 Å². The molecule has 0 aliphatic carbocycles. The molecule has 0 atom stereocenters. The minimum atomic E-state index is -4.45. The van der Waals surface area contributed by atoms with Crippen molar-refractivity contribution < 1.29 is 18.0 Å². The topological polar surface area (TPSA) is 30.0 Å². The van der Waals surface area contributed by atoms with Crippen LogP contribution in [0.2, 0.25) is 5.15 Å². The van der Waals surface area contributed by atoms with Crippen LogP contribution in [-0.4, -0.2) is 11.3 Å². The van der Waals surface area contributed by atoms with Crippen molar-refractivity contribution in [3.05, 3.63) is 52.8 Å². The highest BCUT2D eigenvalue weighted by molar-refractivity contribution is 6.32. The molecule has 0 fully saturated rings. The zero-order valence-corrected chi connectivity index (χ0v) is 10.2. The molecule has 1 aromatic heterocycles. The van der Waals surface area contributed by atoms with Crippen molar-refractivity contribution in [1.29, 1.82) is 0 Å². The van der Waals surface area contributed by atoms with Gasteiger partial charge in [0, 0.05) is 17.3 Å². The lowest BCUT2D eigenvalue weighted by molar-refractivity contribution is -0.137. The maximum atomic E-state index is 12.6. The Morgan fingerprint density at radius 2 is 1.95 bits per heavy atom. The van der Waals surface area contributed by atoms with E-state index in [1.165, 1.54) is 24.4 Å². The second kappa shape index (κ2) is 5.01. The Bertz CT molecular complexity index is 626. The van der Waals surface area contributed by atoms with E-state index in [4.69, 9.17) is 11.6 Å². The van der Waals surface area contributed by atoms with Crippen LogP contribution in [0.5, 0.6) is 0 Å². The van der Waals surface area contributed by atoms with Crippen LogP contribution in [0, 0.1) is 0 Å². The van der Waals surface area contributed by atoms with Gasteiger partial charge in [0.15, 0.2) is 6.29 Å². The normalized spacial score (nSPS) is 11.4. The number of carbonyl (C=O) groups excluding carboxylic acids is 1. The van der Waals surface area contributed by atoms with Gasteiger partial charge in [0.05, 0.1) is 5.56 Å². The van der Waals surface area contributed by atoms with Crippen LogP contribution in [-0.2, 0) is 6.18 Å². The van der Waals surface area contributed by atoms with E-state index in [-0.39, 0.29) is 21.8 Å². The first-order valence-corrected chi connectivity index (χ1v) is 5.58. The lowest BCUT2D eigenvalue weighted by atomic mass is 10.0. The van der Waals surface area contributed by atoms with Gasteiger partial charge in [0.25, 0.3) is 0 Å². The Kier molecular flexibility index (Phi) is 3.57. The van der Waals surface area contributed by atoms with Crippen LogP contribution >= 0.6 is 11.6 Å². The summed E-state index contributed by atoms with van der Waals surface area (Å²) in [6.07, 6.45) is -2.60. The van der Waals surface area contributed by atoms with E-state index in [9.17, 15) is 18.0 Å². The van der Waals surface area contributed by atoms with Crippen molar-refractivity contribution in [3.8, 4) is 11.1 Å². The fraction of sp³-hybridized carbons (Fsp3) is 0.0769. The highest BCUT2D eigenvalue weighted by Gasteiger charge is 2.30. The van der Waals surface area contributed by atoms with Gasteiger partial charge in [-0.2, -0.15) is 13.2 Å². The predicted octanol–water partition coefficient (Wildman–Crippen LogP) is 4.23. The maximum absolute atomic E-state index is 12.6. The number of nitrogens with zero attached hydrogens (tertiary/aromatic N) is 1. The third kappa shape index (κ3) is 2.76. The lowest BCUT2D eigenvalue weighted by Crippen LogP contribution is -2.04. The predicted molar refractivity (Wildman–Crippen MR) is 65.1 cm³/mol. The van der Waals surface area contributed by atoms with E-state index in [1.807, 2.05) is 0 Å². The smallest absolute Gasteiger partial charge is 0.298 e. The summed E-state index contributed by atoms with van der Waals surface area (Å²) in [6.45, 7) is 0. The van der Waals surface area contributed by atoms with Crippen LogP contribution in [0.25, 0.3) is 11.1 Å². The van der Waals surface area contributed by atoms with Gasteiger partial charge in [-0.25, -0.2) is 4.98 Å². The molecule has 0 bridgehead atoms. The molecule has 0 N–H and O–H groups in total. The van der Waals surface area contributed by atoms with E-state index in [0.717, 1.165) is 12.1 Å². The Labute approximate surface area is 111 Å². The zero-order valence-electron chi connectivity index (χ0n) is 9.41. The number of pyridine rings is 1. The summed E-state index contributed by atoms with van der Waals surface area (Å²) in [5, 5.41) is -0.0103. The standard InChI is InChI=1S/C13H7ClF3NO/c14-12-11(9(7-19)4-5-18-12)8-2-1-3-10(6-8)13(15,16)17/h1-7H. The lowest BCUT2D eigenvalue weighted by Gasteiger charge is -2.10. The molecular formula is C13H7ClF3NO. The monoisotopic (exact) mass is 285 g/mol. The summed E-state index contributed by atoms with van der Waals surface area (Å²) in [5.74, 6) is 0. The first-order valence-electron chi connectivity index (χ1n) is 5.21. The molecule has 0 aliphatic rings. The molecule has 0 saturated heterocycles. The summed E-state index contributed by atoms with van der Waals surface area (Å²) < 4.78 is 37.9. The average Bonchev–Trinajstić information content (AvgIpc) is 2.37. The molecule has 6 heteroatoms. The quantitative estimate of drug-likeness (QED) is 0.610. The second-order valence-corrected chi connectivity index (χ2v) is 4.12. The van der Waals surface area contributed by atoms with E-state index < -0.39 is 11.7 Å². The molecule has 19 heavy (non-hydrogen) atoms. The molecule has 2 rings (SSSR count). The highest BCUT2D eigenvalue weighted by Crippen LogP contribution is 2.34. The second-order valence-electron chi connectivity index (χ2n) is 3.76. The van der Waals surface area contributed by atoms with Gasteiger partial charge in [0.2, 0.25) is 0 Å². The van der Waals surface area contributed by atoms with E-state index in [0.29, 0.717) is 6.29 Å². The maximum Gasteiger partial charge on any atom is 0.416 e. The van der Waals surface area contributed by atoms with Gasteiger partial charge in [-0.3, -0.25) is 4.79 Å². The Morgan fingerprint density at radius 1 is 1.21 bits per heavy atom. The molecular weight excluding hydrogens is 279 g/mol. The summed E-state index contributed by atoms with van der Waals surface area (Å²) in [4.78, 5) is 14.7. The molecule has 0 spiro atoms. The van der Waals surface area contributed by atoms with Crippen molar-refractivity contribution in [3.63, 3.8) is 0 Å². The first-order chi connectivity index (χ1) is 8.93. The Hall–Kier alpha value is -1.88. The van der Waals surface area contributed by atoms with E-state index >= 15 is 0 Å². The molecule has 2 aromatic rings. The molecule has 1 heterocycles. The minimum absolute atomic E-state index is 0.0103. The fourth-order valence-electron chi connectivity index (χ4n) is 1.69. The van der Waals surface area contributed by atoms with Crippen molar-refractivity contribution in [2.75, 3.05) is 0 Å². The van der Waals surface area contributed by atoms with Crippen molar-refractivity contribution >= 4 is 17.9 Å². The third-order valence-corrected chi connectivity index (χ3v) is 2.83. The van der Waals surface area contributed by atoms with Gasteiger partial charge in [-0.1, -0.05) is 23.7 Å². The number of carbonyl (C=O) groups is 1. The molecule has 0 amide bonds. The number of rotatable bonds is 2. The van der Waals surface area contributed by atoms with Crippen molar-refractivity contribution in [2.24, 2.45) is 0 Å². The molecule has 1 aromatic carbocycles. The first kappa shape index (κ1) is 13.5. The summed E-state index contributed by atoms with van der Waals surface area (Å²) in [5.41, 5.74) is -0.207. The van der Waals surface area contributed by atoms with Crippen LogP contribution in [0.1, 0.15) is 15.9 Å². The molecule has 0 unspecified atom stereocenters. The van der Waals surface area contributed by atoms with Gasteiger partial charge >= 0.3 is 6.18 Å². The fourth-order valence-corrected chi connectivity index (χ4v) is 1.96. The van der Waals surface area contributed by atoms with Crippen molar-refractivity contribution in [1.82, 2.24) is 4.98 Å². The van der Waals surface area contributed by atoms with Crippen LogP contribution in [0.4, 0.5) is 13.2 Å². The molecule has 0 radical (unpaired) electrons. The number of alkyl halides is 3. The number of benzene rings is 1. The number of halogens is 4. The van der Waals surface area contributed by atoms with Crippen LogP contribution in [0.3, 0.4) is 0 Å². The van der Waals surface area contributed by atoms with Gasteiger partial charge in [-0.05, 0) is 23.8 Å². The van der Waals surface area contributed by atoms with Crippen molar-refractivity contribution in [2.45, 2.75) is 6.18 Å². The van der Waals surface area contributed by atoms with Gasteiger partial charge in [0.1, 0.15) is 5.15 Å². The number of aromatic nitrogens is 1. The third-order valence-electron chi connectivity index (χ3n) is 2.54. The highest BCUT2D eigenvalue weighted by atomic mass is 35.5. The Morgan fingerprint density at radius 3 is 2.58 bits per heavy atom. The Balaban J connectivity index is 2.63. The molecule has 0 aliphatic heterocycles. The summed E-state index contributed by atoms with van der Waals surface area (Å²) in [7, 11) is 0. The van der Waals surface area contributed by atoms with Gasteiger partial charge in [-0.15, -0.1) is 0 Å². The summed E-state index contributed by atoms with van der Waals surface area (Å²) >= 11 is 5.86. The molecule has 2 nitrogen and oxygen atoms in total. The zero-order chi connectivity index (χ0) is 14.0. The number of aldehydes is 1. The largest absolute Gasteiger partial charge is 0.416 e. The summed E-state index contributed by atoms with van der Waals surface area (Å²) in [6, 6.07) is 6.00. The van der Waals surface area contributed by atoms with Gasteiger partial charge < -0.3 is 0 Å². The SMILES string of the molecule is O=Cc1ccnc(Cl)c1-c1cccc(C(F)(F)F)c1. The number of hydrogen-bond acceptors (Lipinski definition) is 2. The molecule has 98 valence electrons.